The highest BCUT2D eigenvalue weighted by molar-refractivity contribution is 6.04. The number of fused-ring (bicyclic) bond motifs is 2. The fourth-order valence-corrected chi connectivity index (χ4v) is 5.93. The van der Waals surface area contributed by atoms with Crippen LogP contribution < -0.4 is 0 Å². The summed E-state index contributed by atoms with van der Waals surface area (Å²) in [6.45, 7) is 4.93. The third kappa shape index (κ3) is 6.50. The molecule has 31 heavy (non-hydrogen) atoms. The molecule has 2 bridgehead atoms. The zero-order valence-corrected chi connectivity index (χ0v) is 19.4. The Bertz CT molecular complexity index is 664. The Morgan fingerprint density at radius 3 is 2.45 bits per heavy atom. The molecule has 174 valence electrons. The molecule has 0 radical (unpaired) electrons. The Hall–Kier alpha value is -1.49. The van der Waals surface area contributed by atoms with Crippen molar-refractivity contribution in [3.8, 4) is 0 Å². The van der Waals surface area contributed by atoms with Gasteiger partial charge >= 0.3 is 5.97 Å². The smallest absolute Gasteiger partial charge is 0.303 e. The molecule has 3 rings (SSSR count). The molecule has 5 atom stereocenters. The second-order valence-corrected chi connectivity index (χ2v) is 9.79. The van der Waals surface area contributed by atoms with Crippen LogP contribution >= 0.6 is 0 Å². The predicted octanol–water partition coefficient (Wildman–Crippen LogP) is 5.62. The van der Waals surface area contributed by atoms with E-state index in [0.29, 0.717) is 36.2 Å². The van der Waals surface area contributed by atoms with E-state index in [4.69, 9.17) is 14.8 Å². The molecule has 2 aliphatic heterocycles. The van der Waals surface area contributed by atoms with Gasteiger partial charge in [0.25, 0.3) is 0 Å². The lowest BCUT2D eigenvalue weighted by Crippen LogP contribution is -2.32. The van der Waals surface area contributed by atoms with E-state index < -0.39 is 5.97 Å². The molecule has 1 saturated carbocycles. The minimum atomic E-state index is -0.726. The highest BCUT2D eigenvalue weighted by Crippen LogP contribution is 2.45. The highest BCUT2D eigenvalue weighted by atomic mass is 16.5. The number of ether oxygens (including phenoxy) is 1. The van der Waals surface area contributed by atoms with Crippen molar-refractivity contribution in [1.82, 2.24) is 0 Å². The van der Waals surface area contributed by atoms with Gasteiger partial charge in [0.1, 0.15) is 5.78 Å². The Labute approximate surface area is 187 Å². The van der Waals surface area contributed by atoms with Gasteiger partial charge in [-0.3, -0.25) is 14.6 Å². The zero-order chi connectivity index (χ0) is 22.2. The second kappa shape index (κ2) is 11.9. The number of carboxylic acid groups (broad SMARTS) is 1. The highest BCUT2D eigenvalue weighted by Gasteiger charge is 2.48. The molecule has 5 heteroatoms. The molecular weight excluding hydrogens is 390 g/mol. The minimum Gasteiger partial charge on any atom is -0.481 e. The molecule has 3 aliphatic rings. The minimum absolute atomic E-state index is 0.0183. The topological polar surface area (TPSA) is 76.0 Å². The van der Waals surface area contributed by atoms with Crippen LogP contribution in [0.5, 0.6) is 0 Å². The first kappa shape index (κ1) is 24.2. The first-order valence-corrected chi connectivity index (χ1v) is 12.6. The maximum absolute atomic E-state index is 13.1. The largest absolute Gasteiger partial charge is 0.481 e. The lowest BCUT2D eigenvalue weighted by Gasteiger charge is -2.27. The van der Waals surface area contributed by atoms with Crippen molar-refractivity contribution < 1.29 is 19.4 Å². The lowest BCUT2D eigenvalue weighted by atomic mass is 9.77. The number of allylic oxidation sites excluding steroid dienone is 2. The SMILES string of the molecule is CCC(C(=O)C1CCCCC1)C(C)=NC[C@@H]1[C@H](CC=CCCCC(=O)O)[C@@H]2CC[C@H]1O2. The van der Waals surface area contributed by atoms with E-state index in [1.807, 2.05) is 0 Å². The van der Waals surface area contributed by atoms with Crippen molar-refractivity contribution >= 4 is 17.5 Å². The molecular formula is C26H41NO4. The van der Waals surface area contributed by atoms with Gasteiger partial charge in [-0.1, -0.05) is 38.3 Å². The number of unbranched alkanes of at least 4 members (excludes halogenated alkanes) is 1. The third-order valence-electron chi connectivity index (χ3n) is 7.74. The number of Topliss-reactive ketones (excluding diaryl/α,β-unsaturated/α-hetero) is 1. The molecule has 0 aromatic rings. The molecule has 1 N–H and O–H groups in total. The van der Waals surface area contributed by atoms with Crippen molar-refractivity contribution in [3.05, 3.63) is 12.2 Å². The van der Waals surface area contributed by atoms with E-state index in [1.165, 1.54) is 19.3 Å². The summed E-state index contributed by atoms with van der Waals surface area (Å²) in [5.74, 6) is 0.840. The summed E-state index contributed by atoms with van der Waals surface area (Å²) in [5.41, 5.74) is 1.02. The average Bonchev–Trinajstić information content (AvgIpc) is 3.37. The number of carbonyl (C=O) groups is 2. The van der Waals surface area contributed by atoms with Crippen LogP contribution in [0.2, 0.25) is 0 Å². The van der Waals surface area contributed by atoms with Crippen LogP contribution in [0.4, 0.5) is 0 Å². The van der Waals surface area contributed by atoms with Gasteiger partial charge in [-0.2, -0.15) is 0 Å². The summed E-state index contributed by atoms with van der Waals surface area (Å²) in [7, 11) is 0. The van der Waals surface area contributed by atoms with E-state index in [2.05, 4.69) is 26.0 Å². The molecule has 0 aromatic heterocycles. The van der Waals surface area contributed by atoms with Crippen molar-refractivity contribution in [2.24, 2.45) is 28.7 Å². The van der Waals surface area contributed by atoms with Gasteiger partial charge in [-0.05, 0) is 64.2 Å². The molecule has 0 spiro atoms. The Balaban J connectivity index is 1.54. The molecule has 0 aromatic carbocycles. The van der Waals surface area contributed by atoms with Gasteiger partial charge in [-0.25, -0.2) is 0 Å². The summed E-state index contributed by atoms with van der Waals surface area (Å²) in [6.07, 6.45) is 16.6. The van der Waals surface area contributed by atoms with Crippen LogP contribution in [-0.2, 0) is 14.3 Å². The van der Waals surface area contributed by atoms with Crippen LogP contribution in [0, 0.1) is 23.7 Å². The number of hydrogen-bond donors (Lipinski definition) is 1. The maximum Gasteiger partial charge on any atom is 0.303 e. The predicted molar refractivity (Wildman–Crippen MR) is 123 cm³/mol. The van der Waals surface area contributed by atoms with Crippen LogP contribution in [0.15, 0.2) is 17.1 Å². The first-order chi connectivity index (χ1) is 15.0. The van der Waals surface area contributed by atoms with Crippen molar-refractivity contribution in [2.45, 2.75) is 103 Å². The molecule has 2 saturated heterocycles. The average molecular weight is 432 g/mol. The third-order valence-corrected chi connectivity index (χ3v) is 7.74. The number of ketones is 1. The lowest BCUT2D eigenvalue weighted by molar-refractivity contribution is -0.137. The zero-order valence-electron chi connectivity index (χ0n) is 19.4. The van der Waals surface area contributed by atoms with Crippen molar-refractivity contribution in [2.75, 3.05) is 6.54 Å². The van der Waals surface area contributed by atoms with E-state index in [1.54, 1.807) is 0 Å². The number of aliphatic carboxylic acids is 1. The van der Waals surface area contributed by atoms with E-state index in [-0.39, 0.29) is 18.3 Å². The Morgan fingerprint density at radius 1 is 1.06 bits per heavy atom. The first-order valence-electron chi connectivity index (χ1n) is 12.6. The number of nitrogens with zero attached hydrogens (tertiary/aromatic N) is 1. The van der Waals surface area contributed by atoms with Gasteiger partial charge in [0, 0.05) is 30.5 Å². The molecule has 0 amide bonds. The molecule has 5 nitrogen and oxygen atoms in total. The normalized spacial score (nSPS) is 30.2. The number of hydrogen-bond acceptors (Lipinski definition) is 4. The number of aliphatic imine (C=N–C) groups is 1. The number of carboxylic acids is 1. The number of rotatable bonds is 12. The van der Waals surface area contributed by atoms with Crippen molar-refractivity contribution in [1.29, 1.82) is 0 Å². The Morgan fingerprint density at radius 2 is 1.77 bits per heavy atom. The van der Waals surface area contributed by atoms with Gasteiger partial charge in [0.05, 0.1) is 18.1 Å². The summed E-state index contributed by atoms with van der Waals surface area (Å²) < 4.78 is 6.22. The van der Waals surface area contributed by atoms with Gasteiger partial charge in [0.15, 0.2) is 0 Å². The summed E-state index contributed by atoms with van der Waals surface area (Å²) in [6, 6.07) is 0. The van der Waals surface area contributed by atoms with E-state index in [9.17, 15) is 9.59 Å². The van der Waals surface area contributed by atoms with Crippen LogP contribution in [0.3, 0.4) is 0 Å². The van der Waals surface area contributed by atoms with E-state index in [0.717, 1.165) is 57.2 Å². The van der Waals surface area contributed by atoms with E-state index >= 15 is 0 Å². The van der Waals surface area contributed by atoms with Gasteiger partial charge in [-0.15, -0.1) is 0 Å². The summed E-state index contributed by atoms with van der Waals surface area (Å²) in [4.78, 5) is 28.7. The quantitative estimate of drug-likeness (QED) is 0.247. The molecule has 2 heterocycles. The van der Waals surface area contributed by atoms with Crippen molar-refractivity contribution in [3.63, 3.8) is 0 Å². The number of carbonyl (C=O) groups excluding carboxylic acids is 1. The van der Waals surface area contributed by atoms with Crippen LogP contribution in [0.25, 0.3) is 0 Å². The van der Waals surface area contributed by atoms with Gasteiger partial charge < -0.3 is 9.84 Å². The monoisotopic (exact) mass is 431 g/mol. The second-order valence-electron chi connectivity index (χ2n) is 9.79. The van der Waals surface area contributed by atoms with Crippen LogP contribution in [-0.4, -0.2) is 41.3 Å². The fraction of sp³-hybridized carbons (Fsp3) is 0.808. The molecule has 1 aliphatic carbocycles. The van der Waals surface area contributed by atoms with Gasteiger partial charge in [0.2, 0.25) is 0 Å². The standard InChI is InChI=1S/C26H41NO4/c1-3-20(26(30)19-11-7-6-8-12-19)18(2)27-17-22-21(23-15-16-24(22)31-23)13-9-4-5-10-14-25(28)29/h4,9,19-24H,3,5-8,10-17H2,1-2H3,(H,28,29)/t20?,21-,22+,23-,24+/m0/s1. The molecule has 3 fully saturated rings. The maximum atomic E-state index is 13.1. The summed E-state index contributed by atoms with van der Waals surface area (Å²) >= 11 is 0. The summed E-state index contributed by atoms with van der Waals surface area (Å²) in [5, 5.41) is 8.74. The Kier molecular flexibility index (Phi) is 9.30. The molecule has 1 unspecified atom stereocenters. The fourth-order valence-electron chi connectivity index (χ4n) is 5.93. The van der Waals surface area contributed by atoms with Crippen LogP contribution in [0.1, 0.15) is 90.9 Å².